The fourth-order valence-electron chi connectivity index (χ4n) is 2.53. The molecule has 1 N–H and O–H groups in total. The van der Waals surface area contributed by atoms with Crippen molar-refractivity contribution in [3.05, 3.63) is 58.3 Å². The van der Waals surface area contributed by atoms with Gasteiger partial charge in [-0.25, -0.2) is 4.39 Å². The van der Waals surface area contributed by atoms with E-state index in [1.807, 2.05) is 0 Å². The molecule has 0 bridgehead atoms. The molecule has 28 heavy (non-hydrogen) atoms. The Balaban J connectivity index is 1.74. The van der Waals surface area contributed by atoms with Crippen LogP contribution in [0, 0.1) is 5.82 Å². The number of amides is 1. The standard InChI is InChI=1S/C19H18FN3O4S/c1-25-14-9-12(10-15(26-2)17(14)27-3)18(24)21-19-23-22-16(28-19)8-11-4-6-13(20)7-5-11/h4-7,9-10H,8H2,1-3H3,(H,21,23,24). The van der Waals surface area contributed by atoms with E-state index in [-0.39, 0.29) is 11.7 Å². The number of benzene rings is 2. The number of carbonyl (C=O) groups excluding carboxylic acids is 1. The zero-order chi connectivity index (χ0) is 20.1. The third-order valence-corrected chi connectivity index (χ3v) is 4.72. The zero-order valence-electron chi connectivity index (χ0n) is 15.5. The number of hydrogen-bond donors (Lipinski definition) is 1. The minimum Gasteiger partial charge on any atom is -0.493 e. The van der Waals surface area contributed by atoms with Crippen LogP contribution in [0.2, 0.25) is 0 Å². The molecule has 0 atom stereocenters. The Bertz CT molecular complexity index is 951. The van der Waals surface area contributed by atoms with E-state index in [2.05, 4.69) is 15.5 Å². The molecule has 0 unspecified atom stereocenters. The molecule has 0 radical (unpaired) electrons. The molecule has 1 aromatic heterocycles. The quantitative estimate of drug-likeness (QED) is 0.650. The number of aromatic nitrogens is 2. The summed E-state index contributed by atoms with van der Waals surface area (Å²) in [5, 5.41) is 11.8. The zero-order valence-corrected chi connectivity index (χ0v) is 16.3. The Labute approximate surface area is 165 Å². The van der Waals surface area contributed by atoms with Gasteiger partial charge in [-0.05, 0) is 29.8 Å². The molecule has 2 aromatic carbocycles. The van der Waals surface area contributed by atoms with Crippen molar-refractivity contribution in [2.75, 3.05) is 26.6 Å². The molecule has 0 fully saturated rings. The highest BCUT2D eigenvalue weighted by atomic mass is 32.1. The normalized spacial score (nSPS) is 10.4. The van der Waals surface area contributed by atoms with Crippen LogP contribution in [-0.4, -0.2) is 37.4 Å². The molecule has 0 saturated heterocycles. The number of methoxy groups -OCH3 is 3. The first-order valence-corrected chi connectivity index (χ1v) is 9.04. The van der Waals surface area contributed by atoms with Gasteiger partial charge in [-0.2, -0.15) is 0 Å². The van der Waals surface area contributed by atoms with Crippen molar-refractivity contribution in [1.82, 2.24) is 10.2 Å². The van der Waals surface area contributed by atoms with Gasteiger partial charge in [-0.3, -0.25) is 10.1 Å². The van der Waals surface area contributed by atoms with Gasteiger partial charge < -0.3 is 14.2 Å². The lowest BCUT2D eigenvalue weighted by Crippen LogP contribution is -2.12. The number of rotatable bonds is 7. The molecule has 0 aliphatic heterocycles. The predicted molar refractivity (Wildman–Crippen MR) is 103 cm³/mol. The fraction of sp³-hybridized carbons (Fsp3) is 0.211. The first-order chi connectivity index (χ1) is 13.5. The molecular formula is C19H18FN3O4S. The predicted octanol–water partition coefficient (Wildman–Crippen LogP) is 3.55. The number of ether oxygens (including phenoxy) is 3. The van der Waals surface area contributed by atoms with Crippen molar-refractivity contribution < 1.29 is 23.4 Å². The monoisotopic (exact) mass is 403 g/mol. The summed E-state index contributed by atoms with van der Waals surface area (Å²) >= 11 is 1.25. The highest BCUT2D eigenvalue weighted by molar-refractivity contribution is 7.15. The molecule has 146 valence electrons. The van der Waals surface area contributed by atoms with Gasteiger partial charge in [0.15, 0.2) is 11.5 Å². The van der Waals surface area contributed by atoms with E-state index in [0.29, 0.717) is 39.4 Å². The summed E-state index contributed by atoms with van der Waals surface area (Å²) in [7, 11) is 4.45. The maximum Gasteiger partial charge on any atom is 0.257 e. The Kier molecular flexibility index (Phi) is 6.05. The molecule has 3 rings (SSSR count). The minimum atomic E-state index is -0.385. The molecule has 1 amide bonds. The number of halogens is 1. The second-order valence-electron chi connectivity index (χ2n) is 5.67. The highest BCUT2D eigenvalue weighted by Crippen LogP contribution is 2.38. The van der Waals surface area contributed by atoms with Crippen molar-refractivity contribution in [3.8, 4) is 17.2 Å². The summed E-state index contributed by atoms with van der Waals surface area (Å²) in [5.41, 5.74) is 1.23. The Morgan fingerprint density at radius 1 is 1.04 bits per heavy atom. The van der Waals surface area contributed by atoms with E-state index in [0.717, 1.165) is 5.56 Å². The van der Waals surface area contributed by atoms with Gasteiger partial charge in [0.25, 0.3) is 5.91 Å². The fourth-order valence-corrected chi connectivity index (χ4v) is 3.30. The average molecular weight is 403 g/mol. The third kappa shape index (κ3) is 4.37. The lowest BCUT2D eigenvalue weighted by Gasteiger charge is -2.13. The summed E-state index contributed by atoms with van der Waals surface area (Å²) in [5.74, 6) is 0.477. The van der Waals surface area contributed by atoms with Gasteiger partial charge in [0, 0.05) is 12.0 Å². The summed E-state index contributed by atoms with van der Waals surface area (Å²) < 4.78 is 28.8. The van der Waals surface area contributed by atoms with Crippen LogP contribution in [0.4, 0.5) is 9.52 Å². The molecule has 0 saturated carbocycles. The van der Waals surface area contributed by atoms with Crippen LogP contribution in [0.3, 0.4) is 0 Å². The molecular weight excluding hydrogens is 385 g/mol. The van der Waals surface area contributed by atoms with Crippen LogP contribution in [0.25, 0.3) is 0 Å². The average Bonchev–Trinajstić information content (AvgIpc) is 3.15. The van der Waals surface area contributed by atoms with E-state index in [9.17, 15) is 9.18 Å². The van der Waals surface area contributed by atoms with Crippen LogP contribution in [0.1, 0.15) is 20.9 Å². The van der Waals surface area contributed by atoms with E-state index in [1.165, 1.54) is 44.8 Å². The molecule has 0 spiro atoms. The van der Waals surface area contributed by atoms with Gasteiger partial charge in [0.2, 0.25) is 10.9 Å². The van der Waals surface area contributed by atoms with Crippen molar-refractivity contribution >= 4 is 22.4 Å². The van der Waals surface area contributed by atoms with Crippen molar-refractivity contribution in [1.29, 1.82) is 0 Å². The first-order valence-electron chi connectivity index (χ1n) is 8.22. The van der Waals surface area contributed by atoms with E-state index < -0.39 is 0 Å². The maximum absolute atomic E-state index is 13.0. The number of hydrogen-bond acceptors (Lipinski definition) is 7. The molecule has 0 aliphatic rings. The largest absolute Gasteiger partial charge is 0.493 e. The Hall–Kier alpha value is -3.20. The summed E-state index contributed by atoms with van der Waals surface area (Å²) in [4.78, 5) is 12.6. The van der Waals surface area contributed by atoms with Gasteiger partial charge in [0.05, 0.1) is 21.3 Å². The smallest absolute Gasteiger partial charge is 0.257 e. The van der Waals surface area contributed by atoms with Gasteiger partial charge in [-0.1, -0.05) is 23.5 Å². The van der Waals surface area contributed by atoms with Crippen molar-refractivity contribution in [2.24, 2.45) is 0 Å². The molecule has 9 heteroatoms. The molecule has 1 heterocycles. The third-order valence-electron chi connectivity index (χ3n) is 3.88. The summed E-state index contributed by atoms with van der Waals surface area (Å²) in [6.07, 6.45) is 0.498. The van der Waals surface area contributed by atoms with Crippen LogP contribution in [0.5, 0.6) is 17.2 Å². The topological polar surface area (TPSA) is 82.6 Å². The molecule has 0 aliphatic carbocycles. The minimum absolute atomic E-state index is 0.292. The highest BCUT2D eigenvalue weighted by Gasteiger charge is 2.18. The van der Waals surface area contributed by atoms with Crippen LogP contribution < -0.4 is 19.5 Å². The van der Waals surface area contributed by atoms with E-state index >= 15 is 0 Å². The summed E-state index contributed by atoms with van der Waals surface area (Å²) in [6, 6.07) is 9.26. The SMILES string of the molecule is COc1cc(C(=O)Nc2nnc(Cc3ccc(F)cc3)s2)cc(OC)c1OC. The summed E-state index contributed by atoms with van der Waals surface area (Å²) in [6.45, 7) is 0. The van der Waals surface area contributed by atoms with Crippen molar-refractivity contribution in [3.63, 3.8) is 0 Å². The number of carbonyl (C=O) groups is 1. The van der Waals surface area contributed by atoms with Gasteiger partial charge in [0.1, 0.15) is 10.8 Å². The molecule has 7 nitrogen and oxygen atoms in total. The van der Waals surface area contributed by atoms with Crippen LogP contribution in [0.15, 0.2) is 36.4 Å². The lowest BCUT2D eigenvalue weighted by molar-refractivity contribution is 0.102. The van der Waals surface area contributed by atoms with Crippen molar-refractivity contribution in [2.45, 2.75) is 6.42 Å². The number of nitrogens with one attached hydrogen (secondary N) is 1. The van der Waals surface area contributed by atoms with Gasteiger partial charge >= 0.3 is 0 Å². The van der Waals surface area contributed by atoms with Crippen LogP contribution in [-0.2, 0) is 6.42 Å². The number of nitrogens with zero attached hydrogens (tertiary/aromatic N) is 2. The van der Waals surface area contributed by atoms with E-state index in [4.69, 9.17) is 14.2 Å². The van der Waals surface area contributed by atoms with Gasteiger partial charge in [-0.15, -0.1) is 10.2 Å². The maximum atomic E-state index is 13.0. The second kappa shape index (κ2) is 8.66. The Morgan fingerprint density at radius 2 is 1.68 bits per heavy atom. The number of anilines is 1. The second-order valence-corrected chi connectivity index (χ2v) is 6.73. The van der Waals surface area contributed by atoms with Crippen LogP contribution >= 0.6 is 11.3 Å². The molecule has 3 aromatic rings. The van der Waals surface area contributed by atoms with E-state index in [1.54, 1.807) is 24.3 Å². The first kappa shape index (κ1) is 19.6. The Morgan fingerprint density at radius 3 is 2.25 bits per heavy atom. The lowest BCUT2D eigenvalue weighted by atomic mass is 10.1.